The van der Waals surface area contributed by atoms with Crippen molar-refractivity contribution in [2.45, 2.75) is 58.2 Å². The van der Waals surface area contributed by atoms with Gasteiger partial charge in [-0.15, -0.1) is 0 Å². The fourth-order valence-corrected chi connectivity index (χ4v) is 4.25. The van der Waals surface area contributed by atoms with Crippen LogP contribution in [0.4, 0.5) is 0 Å². The van der Waals surface area contributed by atoms with Gasteiger partial charge >= 0.3 is 0 Å². The molecule has 1 amide bonds. The van der Waals surface area contributed by atoms with Crippen molar-refractivity contribution in [1.29, 1.82) is 0 Å². The van der Waals surface area contributed by atoms with E-state index in [9.17, 15) is 4.79 Å². The summed E-state index contributed by atoms with van der Waals surface area (Å²) in [7, 11) is 0. The summed E-state index contributed by atoms with van der Waals surface area (Å²) in [6.07, 6.45) is 6.63. The van der Waals surface area contributed by atoms with Gasteiger partial charge in [-0.2, -0.15) is 0 Å². The molecule has 5 heteroatoms. The highest BCUT2D eigenvalue weighted by molar-refractivity contribution is 5.76. The second kappa shape index (κ2) is 7.65. The van der Waals surface area contributed by atoms with E-state index in [-0.39, 0.29) is 11.5 Å². The second-order valence-corrected chi connectivity index (χ2v) is 8.45. The maximum Gasteiger partial charge on any atom is 0.222 e. The zero-order valence-electron chi connectivity index (χ0n) is 15.8. The highest BCUT2D eigenvalue weighted by atomic mass is 16.5. The molecule has 2 saturated heterocycles. The summed E-state index contributed by atoms with van der Waals surface area (Å²) < 4.78 is 11.9. The van der Waals surface area contributed by atoms with E-state index in [2.05, 4.69) is 9.88 Å². The number of nitrogens with zero attached hydrogens (tertiary/aromatic N) is 2. The average molecular weight is 358 g/mol. The van der Waals surface area contributed by atoms with Gasteiger partial charge in [-0.1, -0.05) is 6.07 Å². The van der Waals surface area contributed by atoms with Crippen LogP contribution in [0.15, 0.2) is 18.2 Å². The molecule has 0 radical (unpaired) electrons. The number of hydrogen-bond acceptors (Lipinski definition) is 4. The van der Waals surface area contributed by atoms with Crippen molar-refractivity contribution in [3.63, 3.8) is 0 Å². The Bertz CT molecular complexity index is 636. The third-order valence-electron chi connectivity index (χ3n) is 6.12. The Balaban J connectivity index is 1.19. The van der Waals surface area contributed by atoms with Gasteiger partial charge in [-0.25, -0.2) is 0 Å². The molecule has 0 unspecified atom stereocenters. The largest absolute Gasteiger partial charge is 0.375 e. The van der Waals surface area contributed by atoms with Crippen LogP contribution in [0.5, 0.6) is 0 Å². The molecular weight excluding hydrogens is 328 g/mol. The van der Waals surface area contributed by atoms with Crippen molar-refractivity contribution in [1.82, 2.24) is 9.88 Å². The van der Waals surface area contributed by atoms with Gasteiger partial charge < -0.3 is 14.4 Å². The number of likely N-dealkylation sites (tertiary alicyclic amines) is 1. The topological polar surface area (TPSA) is 51.7 Å². The molecule has 0 bridgehead atoms. The molecule has 1 spiro atoms. The fourth-order valence-electron chi connectivity index (χ4n) is 4.25. The Labute approximate surface area is 156 Å². The predicted octanol–water partition coefficient (Wildman–Crippen LogP) is 3.10. The summed E-state index contributed by atoms with van der Waals surface area (Å²) in [6, 6.07) is 6.01. The van der Waals surface area contributed by atoms with E-state index >= 15 is 0 Å². The summed E-state index contributed by atoms with van der Waals surface area (Å²) in [5.74, 6) is 1.05. The van der Waals surface area contributed by atoms with E-state index in [4.69, 9.17) is 9.47 Å². The highest BCUT2D eigenvalue weighted by Gasteiger charge is 2.43. The first kappa shape index (κ1) is 17.9. The Morgan fingerprint density at radius 1 is 1.35 bits per heavy atom. The lowest BCUT2D eigenvalue weighted by Crippen LogP contribution is -2.43. The SMILES string of the molecule is Cc1cccc(COC[C@H]2CC3(CCN(C(=O)CC4CC4)CC3)CO2)n1. The molecule has 3 heterocycles. The fraction of sp³-hybridized carbons (Fsp3) is 0.714. The Morgan fingerprint density at radius 2 is 2.15 bits per heavy atom. The molecule has 2 aliphatic heterocycles. The maximum atomic E-state index is 12.3. The maximum absolute atomic E-state index is 12.3. The number of pyridine rings is 1. The number of carbonyl (C=O) groups excluding carboxylic acids is 1. The van der Waals surface area contributed by atoms with Crippen molar-refractivity contribution in [3.05, 3.63) is 29.6 Å². The van der Waals surface area contributed by atoms with Crippen molar-refractivity contribution in [2.75, 3.05) is 26.3 Å². The zero-order chi connectivity index (χ0) is 18.0. The molecule has 3 fully saturated rings. The monoisotopic (exact) mass is 358 g/mol. The molecule has 26 heavy (non-hydrogen) atoms. The van der Waals surface area contributed by atoms with Crippen molar-refractivity contribution in [2.24, 2.45) is 11.3 Å². The lowest BCUT2D eigenvalue weighted by atomic mass is 9.76. The lowest BCUT2D eigenvalue weighted by Gasteiger charge is -2.38. The van der Waals surface area contributed by atoms with Crippen LogP contribution in [-0.2, 0) is 20.9 Å². The third-order valence-corrected chi connectivity index (χ3v) is 6.12. The van der Waals surface area contributed by atoms with Crippen LogP contribution >= 0.6 is 0 Å². The molecule has 3 aliphatic rings. The van der Waals surface area contributed by atoms with Gasteiger partial charge in [0, 0.05) is 25.2 Å². The first-order valence-electron chi connectivity index (χ1n) is 10.0. The van der Waals surface area contributed by atoms with E-state index in [1.54, 1.807) is 0 Å². The van der Waals surface area contributed by atoms with E-state index in [0.29, 0.717) is 25.0 Å². The number of aromatic nitrogens is 1. The molecular formula is C21H30N2O3. The molecule has 5 nitrogen and oxygen atoms in total. The average Bonchev–Trinajstić information content (AvgIpc) is 3.36. The number of piperidine rings is 1. The van der Waals surface area contributed by atoms with Gasteiger partial charge in [-0.3, -0.25) is 9.78 Å². The quantitative estimate of drug-likeness (QED) is 0.784. The Morgan fingerprint density at radius 3 is 2.88 bits per heavy atom. The van der Waals surface area contributed by atoms with E-state index in [1.807, 2.05) is 25.1 Å². The van der Waals surface area contributed by atoms with Crippen LogP contribution in [0, 0.1) is 18.3 Å². The number of hydrogen-bond donors (Lipinski definition) is 0. The summed E-state index contributed by atoms with van der Waals surface area (Å²) in [6.45, 7) is 5.77. The standard InChI is InChI=1S/C21H30N2O3/c1-16-3-2-4-18(22-16)13-25-14-19-12-21(15-26-19)7-9-23(10-8-21)20(24)11-17-5-6-17/h2-4,17,19H,5-15H2,1H3/t19-/m1/s1. The van der Waals surface area contributed by atoms with Crippen molar-refractivity contribution in [3.8, 4) is 0 Å². The van der Waals surface area contributed by atoms with Gasteiger partial charge in [0.25, 0.3) is 0 Å². The minimum Gasteiger partial charge on any atom is -0.375 e. The molecule has 4 rings (SSSR count). The molecule has 1 atom stereocenters. The highest BCUT2D eigenvalue weighted by Crippen LogP contribution is 2.42. The Kier molecular flexibility index (Phi) is 5.28. The first-order valence-corrected chi connectivity index (χ1v) is 10.0. The third kappa shape index (κ3) is 4.44. The summed E-state index contributed by atoms with van der Waals surface area (Å²) in [4.78, 5) is 18.8. The minimum atomic E-state index is 0.175. The molecule has 142 valence electrons. The predicted molar refractivity (Wildman–Crippen MR) is 98.6 cm³/mol. The van der Waals surface area contributed by atoms with Crippen molar-refractivity contribution < 1.29 is 14.3 Å². The molecule has 1 aromatic rings. The molecule has 1 aliphatic carbocycles. The first-order chi connectivity index (χ1) is 12.6. The van der Waals surface area contributed by atoms with Gasteiger partial charge in [0.2, 0.25) is 5.91 Å². The number of amides is 1. The molecule has 1 saturated carbocycles. The number of aryl methyl sites for hydroxylation is 1. The van der Waals surface area contributed by atoms with Crippen LogP contribution in [0.2, 0.25) is 0 Å². The normalized spacial score (nSPS) is 25.0. The lowest BCUT2D eigenvalue weighted by molar-refractivity contribution is -0.133. The van der Waals surface area contributed by atoms with E-state index in [1.165, 1.54) is 12.8 Å². The van der Waals surface area contributed by atoms with Crippen LogP contribution in [0.3, 0.4) is 0 Å². The minimum absolute atomic E-state index is 0.175. The zero-order valence-corrected chi connectivity index (χ0v) is 15.8. The van der Waals surface area contributed by atoms with Crippen LogP contribution in [0.25, 0.3) is 0 Å². The summed E-state index contributed by atoms with van der Waals surface area (Å²) >= 11 is 0. The molecule has 1 aromatic heterocycles. The van der Waals surface area contributed by atoms with Gasteiger partial charge in [-0.05, 0) is 62.5 Å². The van der Waals surface area contributed by atoms with Crippen LogP contribution in [0.1, 0.15) is 49.9 Å². The summed E-state index contributed by atoms with van der Waals surface area (Å²) in [5.41, 5.74) is 2.25. The smallest absolute Gasteiger partial charge is 0.222 e. The molecule has 0 aromatic carbocycles. The number of ether oxygens (including phenoxy) is 2. The van der Waals surface area contributed by atoms with Gasteiger partial charge in [0.15, 0.2) is 0 Å². The Hall–Kier alpha value is -1.46. The molecule has 0 N–H and O–H groups in total. The number of rotatable bonds is 6. The van der Waals surface area contributed by atoms with E-state index in [0.717, 1.165) is 56.8 Å². The van der Waals surface area contributed by atoms with Crippen LogP contribution < -0.4 is 0 Å². The van der Waals surface area contributed by atoms with E-state index < -0.39 is 0 Å². The van der Waals surface area contributed by atoms with Gasteiger partial charge in [0.05, 0.1) is 31.6 Å². The van der Waals surface area contributed by atoms with Crippen molar-refractivity contribution >= 4 is 5.91 Å². The second-order valence-electron chi connectivity index (χ2n) is 8.45. The summed E-state index contributed by atoms with van der Waals surface area (Å²) in [5, 5.41) is 0. The van der Waals surface area contributed by atoms with Crippen LogP contribution in [-0.4, -0.2) is 48.2 Å². The van der Waals surface area contributed by atoms with Gasteiger partial charge in [0.1, 0.15) is 0 Å². The number of carbonyl (C=O) groups is 1.